The summed E-state index contributed by atoms with van der Waals surface area (Å²) in [6, 6.07) is 6.11. The van der Waals surface area contributed by atoms with Gasteiger partial charge in [0.05, 0.1) is 19.6 Å². The molecular weight excluding hydrogens is 511 g/mol. The molecule has 1 aromatic carbocycles. The fourth-order valence-corrected chi connectivity index (χ4v) is 4.83. The van der Waals surface area contributed by atoms with Crippen molar-refractivity contribution in [2.75, 3.05) is 81.6 Å². The maximum Gasteiger partial charge on any atom is 0.421 e. The molecule has 0 saturated carbocycles. The molecule has 1 amide bonds. The van der Waals surface area contributed by atoms with E-state index in [0.717, 1.165) is 62.2 Å². The van der Waals surface area contributed by atoms with Gasteiger partial charge >= 0.3 is 6.18 Å². The van der Waals surface area contributed by atoms with E-state index in [1.54, 1.807) is 4.90 Å². The summed E-state index contributed by atoms with van der Waals surface area (Å²) in [6.45, 7) is 8.06. The zero-order chi connectivity index (χ0) is 27.8. The van der Waals surface area contributed by atoms with E-state index in [2.05, 4.69) is 43.5 Å². The number of aryl methyl sites for hydroxylation is 1. The quantitative estimate of drug-likeness (QED) is 0.455. The molecule has 0 bridgehead atoms. The molecule has 0 atom stereocenters. The number of rotatable bonds is 9. The van der Waals surface area contributed by atoms with Crippen molar-refractivity contribution in [3.05, 3.63) is 35.5 Å². The van der Waals surface area contributed by atoms with Crippen molar-refractivity contribution in [2.45, 2.75) is 38.8 Å². The predicted molar refractivity (Wildman–Crippen MR) is 146 cm³/mol. The number of nitrogens with one attached hydrogen (secondary N) is 2. The average Bonchev–Trinajstić information content (AvgIpc) is 3.25. The second-order valence-corrected chi connectivity index (χ2v) is 9.94. The molecule has 2 fully saturated rings. The van der Waals surface area contributed by atoms with Crippen molar-refractivity contribution in [1.82, 2.24) is 19.8 Å². The van der Waals surface area contributed by atoms with Crippen LogP contribution in [0.4, 0.5) is 36.3 Å². The standard InChI is InChI=1S/C27H38F3N7O2/c1-3-20-18-21(36-12-5-10-35(2)13-14-36)6-7-23(20)33-26-32-19-22(27(28,29)30)25(34-26)31-9-4-11-37-15-17-39-16-8-24(37)38/h6-7,18-19H,3-5,8-17H2,1-2H3,(H2,31,32,33,34). The molecule has 2 saturated heterocycles. The van der Waals surface area contributed by atoms with Crippen LogP contribution in [0.5, 0.6) is 0 Å². The minimum absolute atomic E-state index is 0.00192. The first kappa shape index (κ1) is 28.9. The Bertz CT molecular complexity index is 1120. The maximum atomic E-state index is 13.7. The molecule has 2 aromatic rings. The van der Waals surface area contributed by atoms with E-state index < -0.39 is 11.7 Å². The van der Waals surface area contributed by atoms with Gasteiger partial charge in [-0.15, -0.1) is 0 Å². The molecule has 2 N–H and O–H groups in total. The van der Waals surface area contributed by atoms with Crippen LogP contribution in [0.25, 0.3) is 0 Å². The number of alkyl halides is 3. The van der Waals surface area contributed by atoms with Gasteiger partial charge in [-0.25, -0.2) is 4.98 Å². The summed E-state index contributed by atoms with van der Waals surface area (Å²) in [7, 11) is 2.13. The zero-order valence-electron chi connectivity index (χ0n) is 22.7. The highest BCUT2D eigenvalue weighted by Crippen LogP contribution is 2.34. The molecule has 2 aliphatic heterocycles. The Hall–Kier alpha value is -3.12. The summed E-state index contributed by atoms with van der Waals surface area (Å²) in [5.41, 5.74) is 2.01. The molecule has 2 aliphatic rings. The van der Waals surface area contributed by atoms with Gasteiger partial charge in [0.1, 0.15) is 11.4 Å². The van der Waals surface area contributed by atoms with Crippen LogP contribution < -0.4 is 15.5 Å². The third-order valence-corrected chi connectivity index (χ3v) is 7.11. The predicted octanol–water partition coefficient (Wildman–Crippen LogP) is 3.99. The highest BCUT2D eigenvalue weighted by Gasteiger charge is 2.35. The summed E-state index contributed by atoms with van der Waals surface area (Å²) in [5.74, 6) is -0.198. The minimum Gasteiger partial charge on any atom is -0.379 e. The summed E-state index contributed by atoms with van der Waals surface area (Å²) in [5, 5.41) is 5.94. The number of carbonyl (C=O) groups is 1. The van der Waals surface area contributed by atoms with Gasteiger partial charge in [0.25, 0.3) is 0 Å². The molecule has 4 rings (SSSR count). The van der Waals surface area contributed by atoms with Gasteiger partial charge in [0.2, 0.25) is 11.9 Å². The number of halogens is 3. The summed E-state index contributed by atoms with van der Waals surface area (Å²) >= 11 is 0. The first-order chi connectivity index (χ1) is 18.7. The largest absolute Gasteiger partial charge is 0.421 e. The van der Waals surface area contributed by atoms with Crippen molar-refractivity contribution < 1.29 is 22.7 Å². The monoisotopic (exact) mass is 549 g/mol. The van der Waals surface area contributed by atoms with Crippen LogP contribution >= 0.6 is 0 Å². The first-order valence-corrected chi connectivity index (χ1v) is 13.6. The number of likely N-dealkylation sites (N-methyl/N-ethyl adjacent to an activating group) is 1. The molecule has 3 heterocycles. The number of aromatic nitrogens is 2. The molecule has 0 aliphatic carbocycles. The Labute approximate surface area is 227 Å². The Morgan fingerprint density at radius 3 is 2.74 bits per heavy atom. The van der Waals surface area contributed by atoms with Gasteiger partial charge in [0.15, 0.2) is 0 Å². The third-order valence-electron chi connectivity index (χ3n) is 7.11. The number of nitrogens with zero attached hydrogens (tertiary/aromatic N) is 5. The molecule has 0 spiro atoms. The van der Waals surface area contributed by atoms with Crippen LogP contribution in [-0.2, 0) is 22.1 Å². The topological polar surface area (TPSA) is 85.9 Å². The normalized spacial score (nSPS) is 17.6. The summed E-state index contributed by atoms with van der Waals surface area (Å²) in [6.07, 6.45) is -1.16. The van der Waals surface area contributed by atoms with Gasteiger partial charge in [-0.2, -0.15) is 18.2 Å². The number of benzene rings is 1. The summed E-state index contributed by atoms with van der Waals surface area (Å²) in [4.78, 5) is 26.7. The molecule has 214 valence electrons. The van der Waals surface area contributed by atoms with E-state index in [9.17, 15) is 18.0 Å². The van der Waals surface area contributed by atoms with Crippen molar-refractivity contribution in [2.24, 2.45) is 0 Å². The fourth-order valence-electron chi connectivity index (χ4n) is 4.83. The van der Waals surface area contributed by atoms with Gasteiger partial charge in [0, 0.05) is 56.8 Å². The maximum absolute atomic E-state index is 13.7. The van der Waals surface area contributed by atoms with Crippen molar-refractivity contribution in [1.29, 1.82) is 0 Å². The second-order valence-electron chi connectivity index (χ2n) is 9.94. The number of carbonyl (C=O) groups excluding carboxylic acids is 1. The van der Waals surface area contributed by atoms with Crippen LogP contribution in [0.15, 0.2) is 24.4 Å². The van der Waals surface area contributed by atoms with Gasteiger partial charge in [-0.1, -0.05) is 6.92 Å². The van der Waals surface area contributed by atoms with Crippen molar-refractivity contribution in [3.8, 4) is 0 Å². The van der Waals surface area contributed by atoms with Crippen molar-refractivity contribution >= 4 is 29.0 Å². The van der Waals surface area contributed by atoms with Crippen LogP contribution in [-0.4, -0.2) is 91.7 Å². The Kier molecular flexibility index (Phi) is 9.84. The molecule has 12 heteroatoms. The molecule has 0 unspecified atom stereocenters. The lowest BCUT2D eigenvalue weighted by atomic mass is 10.1. The van der Waals surface area contributed by atoms with E-state index in [-0.39, 0.29) is 24.2 Å². The number of anilines is 4. The highest BCUT2D eigenvalue weighted by atomic mass is 19.4. The lowest BCUT2D eigenvalue weighted by Gasteiger charge is -2.24. The van der Waals surface area contributed by atoms with Crippen LogP contribution in [0, 0.1) is 0 Å². The third kappa shape index (κ3) is 7.95. The van der Waals surface area contributed by atoms with Crippen molar-refractivity contribution in [3.63, 3.8) is 0 Å². The fraction of sp³-hybridized carbons (Fsp3) is 0.593. The van der Waals surface area contributed by atoms with E-state index >= 15 is 0 Å². The Balaban J connectivity index is 1.44. The van der Waals surface area contributed by atoms with E-state index in [4.69, 9.17) is 4.74 Å². The summed E-state index contributed by atoms with van der Waals surface area (Å²) < 4.78 is 46.4. The average molecular weight is 550 g/mol. The Morgan fingerprint density at radius 2 is 1.95 bits per heavy atom. The van der Waals surface area contributed by atoms with E-state index in [1.807, 2.05) is 19.1 Å². The molecular formula is C27H38F3N7O2. The van der Waals surface area contributed by atoms with Crippen LogP contribution in [0.1, 0.15) is 37.3 Å². The number of amides is 1. The lowest BCUT2D eigenvalue weighted by Crippen LogP contribution is -2.33. The lowest BCUT2D eigenvalue weighted by molar-refractivity contribution is -0.137. The highest BCUT2D eigenvalue weighted by molar-refractivity contribution is 5.76. The Morgan fingerprint density at radius 1 is 1.10 bits per heavy atom. The first-order valence-electron chi connectivity index (χ1n) is 13.6. The van der Waals surface area contributed by atoms with Crippen LogP contribution in [0.3, 0.4) is 0 Å². The molecule has 1 aromatic heterocycles. The number of hydrogen-bond donors (Lipinski definition) is 2. The zero-order valence-corrected chi connectivity index (χ0v) is 22.7. The van der Waals surface area contributed by atoms with E-state index in [1.165, 1.54) is 0 Å². The van der Waals surface area contributed by atoms with Gasteiger partial charge < -0.3 is 30.1 Å². The smallest absolute Gasteiger partial charge is 0.379 e. The SMILES string of the molecule is CCc1cc(N2CCCN(C)CC2)ccc1Nc1ncc(C(F)(F)F)c(NCCCN2CCOCCC2=O)n1. The number of ether oxygens (including phenoxy) is 1. The molecule has 0 radical (unpaired) electrons. The number of hydrogen-bond acceptors (Lipinski definition) is 8. The van der Waals surface area contributed by atoms with Gasteiger partial charge in [-0.3, -0.25) is 4.79 Å². The van der Waals surface area contributed by atoms with E-state index in [0.29, 0.717) is 39.1 Å². The van der Waals surface area contributed by atoms with Crippen LogP contribution in [0.2, 0.25) is 0 Å². The minimum atomic E-state index is -4.60. The second kappa shape index (κ2) is 13.3. The molecule has 9 nitrogen and oxygen atoms in total. The molecule has 39 heavy (non-hydrogen) atoms. The van der Waals surface area contributed by atoms with Gasteiger partial charge in [-0.05, 0) is 56.6 Å².